The summed E-state index contributed by atoms with van der Waals surface area (Å²) in [6.45, 7) is 6.20. The number of nitrogens with zero attached hydrogens (tertiary/aromatic N) is 2. The van der Waals surface area contributed by atoms with E-state index in [0.717, 1.165) is 22.4 Å². The molecule has 0 aliphatic rings. The first-order valence-electron chi connectivity index (χ1n) is 9.33. The lowest BCUT2D eigenvalue weighted by Gasteiger charge is -2.13. The van der Waals surface area contributed by atoms with Crippen LogP contribution in [-0.2, 0) is 21.1 Å². The van der Waals surface area contributed by atoms with Crippen LogP contribution in [0.15, 0.2) is 52.8 Å². The summed E-state index contributed by atoms with van der Waals surface area (Å²) < 4.78 is 0. The van der Waals surface area contributed by atoms with Gasteiger partial charge in [-0.25, -0.2) is 0 Å². The van der Waals surface area contributed by atoms with Gasteiger partial charge >= 0.3 is 0 Å². The van der Waals surface area contributed by atoms with E-state index in [0.29, 0.717) is 11.2 Å². The Hall–Kier alpha value is -2.72. The van der Waals surface area contributed by atoms with E-state index in [-0.39, 0.29) is 18.2 Å². The largest absolute Gasteiger partial charge is 0.398 e. The van der Waals surface area contributed by atoms with Crippen molar-refractivity contribution in [2.45, 2.75) is 33.0 Å². The monoisotopic (exact) mass is 413 g/mol. The van der Waals surface area contributed by atoms with Gasteiger partial charge in [0.1, 0.15) is 13.7 Å². The fourth-order valence-corrected chi connectivity index (χ4v) is 3.04. The number of amides is 1. The van der Waals surface area contributed by atoms with Crippen LogP contribution in [0, 0.1) is 6.92 Å². The van der Waals surface area contributed by atoms with Gasteiger partial charge in [0.05, 0.1) is 5.71 Å². The van der Waals surface area contributed by atoms with Crippen LogP contribution in [0.2, 0.25) is 0 Å². The summed E-state index contributed by atoms with van der Waals surface area (Å²) in [5.74, 6) is -0.332. The summed E-state index contributed by atoms with van der Waals surface area (Å²) in [5.41, 5.74) is 6.02. The molecule has 0 fully saturated rings. The number of oxime groups is 2. The fourth-order valence-electron chi connectivity index (χ4n) is 2.83. The molecule has 0 aromatic heterocycles. The summed E-state index contributed by atoms with van der Waals surface area (Å²) >= 11 is 0. The van der Waals surface area contributed by atoms with E-state index in [1.165, 1.54) is 12.7 Å². The summed E-state index contributed by atoms with van der Waals surface area (Å²) in [6.07, 6.45) is 0. The standard InChI is InChI=1S/C22H28N3O3P/c1-14-8-6-11-19(21(25-27-5)22(26)23-4)20(14)13-28-24-15(2)17-9-7-10-18(12-17)16(3)29/h6-12,16H,13,29H2,1-5H3,(H,23,26)/b24-15+,25-21+. The summed E-state index contributed by atoms with van der Waals surface area (Å²) in [6, 6.07) is 13.9. The molecule has 29 heavy (non-hydrogen) atoms. The minimum absolute atomic E-state index is 0.195. The topological polar surface area (TPSA) is 72.3 Å². The van der Waals surface area contributed by atoms with Crippen molar-refractivity contribution in [3.8, 4) is 0 Å². The van der Waals surface area contributed by atoms with Gasteiger partial charge in [-0.05, 0) is 42.3 Å². The van der Waals surface area contributed by atoms with Crippen LogP contribution < -0.4 is 5.32 Å². The number of likely N-dealkylation sites (N-methyl/N-ethyl adjacent to an activating group) is 1. The predicted molar refractivity (Wildman–Crippen MR) is 120 cm³/mol. The van der Waals surface area contributed by atoms with Gasteiger partial charge in [-0.2, -0.15) is 0 Å². The highest BCUT2D eigenvalue weighted by atomic mass is 31.0. The van der Waals surface area contributed by atoms with Crippen LogP contribution in [-0.4, -0.2) is 31.5 Å². The molecule has 0 bridgehead atoms. The molecule has 0 heterocycles. The van der Waals surface area contributed by atoms with Crippen LogP contribution in [0.3, 0.4) is 0 Å². The van der Waals surface area contributed by atoms with Gasteiger partial charge in [-0.1, -0.05) is 53.6 Å². The maximum Gasteiger partial charge on any atom is 0.273 e. The highest BCUT2D eigenvalue weighted by Gasteiger charge is 2.19. The molecule has 2 atom stereocenters. The first-order chi connectivity index (χ1) is 13.9. The number of hydrogen-bond donors (Lipinski definition) is 1. The van der Waals surface area contributed by atoms with Gasteiger partial charge in [0.25, 0.3) is 5.91 Å². The molecular formula is C22H28N3O3P. The predicted octanol–water partition coefficient (Wildman–Crippen LogP) is 3.97. The SMILES string of the molecule is CNC(=O)/C(=N/OC)c1cccc(C)c1CO/N=C(\C)c1cccc(C(C)P)c1. The average Bonchev–Trinajstić information content (AvgIpc) is 2.72. The van der Waals surface area contributed by atoms with Gasteiger partial charge in [0.15, 0.2) is 5.71 Å². The summed E-state index contributed by atoms with van der Waals surface area (Å²) in [7, 11) is 5.75. The minimum atomic E-state index is -0.332. The Balaban J connectivity index is 2.27. The molecule has 2 aromatic carbocycles. The van der Waals surface area contributed by atoms with Crippen molar-refractivity contribution in [1.82, 2.24) is 5.32 Å². The van der Waals surface area contributed by atoms with E-state index in [1.807, 2.05) is 44.2 Å². The first-order valence-corrected chi connectivity index (χ1v) is 10.00. The second-order valence-electron chi connectivity index (χ2n) is 6.67. The van der Waals surface area contributed by atoms with Crippen LogP contribution in [0.5, 0.6) is 0 Å². The molecule has 0 aliphatic heterocycles. The highest BCUT2D eigenvalue weighted by Crippen LogP contribution is 2.23. The molecule has 1 N–H and O–H groups in total. The molecule has 0 radical (unpaired) electrons. The molecular weight excluding hydrogens is 385 g/mol. The van der Waals surface area contributed by atoms with Crippen molar-refractivity contribution in [1.29, 1.82) is 0 Å². The van der Waals surface area contributed by atoms with Crippen LogP contribution in [0.25, 0.3) is 0 Å². The number of carbonyl (C=O) groups is 1. The highest BCUT2D eigenvalue weighted by molar-refractivity contribution is 7.17. The number of rotatable bonds is 8. The van der Waals surface area contributed by atoms with Crippen molar-refractivity contribution < 1.29 is 14.5 Å². The first kappa shape index (κ1) is 22.6. The molecule has 0 saturated heterocycles. The van der Waals surface area contributed by atoms with Gasteiger partial charge in [-0.15, -0.1) is 9.24 Å². The lowest BCUT2D eigenvalue weighted by atomic mass is 9.98. The molecule has 0 spiro atoms. The third-order valence-corrected chi connectivity index (χ3v) is 4.92. The molecule has 0 aliphatic carbocycles. The lowest BCUT2D eigenvalue weighted by molar-refractivity contribution is -0.114. The van der Waals surface area contributed by atoms with Crippen molar-refractivity contribution in [2.24, 2.45) is 10.3 Å². The molecule has 2 rings (SSSR count). The summed E-state index contributed by atoms with van der Waals surface area (Å²) in [4.78, 5) is 22.7. The lowest BCUT2D eigenvalue weighted by Crippen LogP contribution is -2.29. The Kier molecular flexibility index (Phi) is 8.34. The van der Waals surface area contributed by atoms with Crippen LogP contribution >= 0.6 is 9.24 Å². The van der Waals surface area contributed by atoms with E-state index < -0.39 is 0 Å². The number of nitrogens with one attached hydrogen (secondary N) is 1. The van der Waals surface area contributed by atoms with E-state index in [1.54, 1.807) is 7.05 Å². The van der Waals surface area contributed by atoms with E-state index >= 15 is 0 Å². The van der Waals surface area contributed by atoms with Gasteiger partial charge < -0.3 is 15.0 Å². The molecule has 2 aromatic rings. The van der Waals surface area contributed by atoms with Gasteiger partial charge in [-0.3, -0.25) is 4.79 Å². The van der Waals surface area contributed by atoms with Crippen molar-refractivity contribution >= 4 is 26.6 Å². The fraction of sp³-hybridized carbons (Fsp3) is 0.318. The number of hydrogen-bond acceptors (Lipinski definition) is 5. The smallest absolute Gasteiger partial charge is 0.273 e. The Morgan fingerprint density at radius 2 is 1.93 bits per heavy atom. The quantitative estimate of drug-likeness (QED) is 0.404. The molecule has 154 valence electrons. The maximum atomic E-state index is 12.2. The average molecular weight is 413 g/mol. The van der Waals surface area contributed by atoms with Gasteiger partial charge in [0.2, 0.25) is 0 Å². The van der Waals surface area contributed by atoms with Crippen molar-refractivity contribution in [3.05, 3.63) is 70.3 Å². The summed E-state index contributed by atoms with van der Waals surface area (Å²) in [5, 5.41) is 10.8. The maximum absolute atomic E-state index is 12.2. The number of benzene rings is 2. The van der Waals surface area contributed by atoms with Crippen LogP contribution in [0.1, 0.15) is 47.3 Å². The Morgan fingerprint density at radius 1 is 1.21 bits per heavy atom. The Morgan fingerprint density at radius 3 is 2.59 bits per heavy atom. The molecule has 1 amide bonds. The molecule has 0 saturated carbocycles. The van der Waals surface area contributed by atoms with Gasteiger partial charge in [0, 0.05) is 18.2 Å². The minimum Gasteiger partial charge on any atom is -0.398 e. The van der Waals surface area contributed by atoms with E-state index in [2.05, 4.69) is 43.9 Å². The zero-order valence-electron chi connectivity index (χ0n) is 17.5. The normalized spacial score (nSPS) is 13.0. The zero-order valence-corrected chi connectivity index (χ0v) is 18.7. The Bertz CT molecular complexity index is 923. The van der Waals surface area contributed by atoms with E-state index in [4.69, 9.17) is 9.68 Å². The van der Waals surface area contributed by atoms with Crippen LogP contribution in [0.4, 0.5) is 0 Å². The number of carbonyl (C=O) groups excluding carboxylic acids is 1. The molecule has 7 heteroatoms. The zero-order chi connectivity index (χ0) is 21.4. The molecule has 6 nitrogen and oxygen atoms in total. The second-order valence-corrected chi connectivity index (χ2v) is 7.67. The molecule has 2 unspecified atom stereocenters. The third-order valence-electron chi connectivity index (χ3n) is 4.53. The Labute approximate surface area is 174 Å². The van der Waals surface area contributed by atoms with Crippen molar-refractivity contribution in [2.75, 3.05) is 14.2 Å². The van der Waals surface area contributed by atoms with E-state index in [9.17, 15) is 4.79 Å². The third kappa shape index (κ3) is 5.88. The van der Waals surface area contributed by atoms with Crippen molar-refractivity contribution in [3.63, 3.8) is 0 Å². The second kappa shape index (κ2) is 10.7. The number of aryl methyl sites for hydroxylation is 1.